The summed E-state index contributed by atoms with van der Waals surface area (Å²) in [5.41, 5.74) is 4.98. The molecule has 0 aliphatic heterocycles. The standard InChI is InChI=1S/C12H20N4O3/c1-5-12(2,7-13)10(17)16-11-14-8(18-3)6-9(15-11)19-4/h6H,5,7,13H2,1-4H3,(H,14,15,16,17). The number of nitrogens with two attached hydrogens (primary N) is 1. The van der Waals surface area contributed by atoms with Crippen LogP contribution in [0.4, 0.5) is 5.95 Å². The molecule has 0 saturated heterocycles. The molecule has 1 unspecified atom stereocenters. The molecule has 1 rings (SSSR count). The zero-order chi connectivity index (χ0) is 14.5. The third-order valence-corrected chi connectivity index (χ3v) is 3.10. The van der Waals surface area contributed by atoms with Crippen LogP contribution in [0.5, 0.6) is 11.8 Å². The number of aromatic nitrogens is 2. The van der Waals surface area contributed by atoms with Gasteiger partial charge in [-0.15, -0.1) is 0 Å². The fourth-order valence-electron chi connectivity index (χ4n) is 1.32. The van der Waals surface area contributed by atoms with Crippen LogP contribution < -0.4 is 20.5 Å². The predicted molar refractivity (Wildman–Crippen MR) is 71.2 cm³/mol. The minimum Gasteiger partial charge on any atom is -0.481 e. The Morgan fingerprint density at radius 3 is 2.26 bits per heavy atom. The van der Waals surface area contributed by atoms with Gasteiger partial charge < -0.3 is 15.2 Å². The van der Waals surface area contributed by atoms with E-state index in [2.05, 4.69) is 15.3 Å². The molecule has 0 radical (unpaired) electrons. The van der Waals surface area contributed by atoms with Crippen LogP contribution >= 0.6 is 0 Å². The Morgan fingerprint density at radius 2 is 1.89 bits per heavy atom. The summed E-state index contributed by atoms with van der Waals surface area (Å²) in [4.78, 5) is 20.2. The van der Waals surface area contributed by atoms with Gasteiger partial charge in [0, 0.05) is 6.54 Å². The lowest BCUT2D eigenvalue weighted by atomic mass is 9.87. The highest BCUT2D eigenvalue weighted by atomic mass is 16.5. The van der Waals surface area contributed by atoms with Gasteiger partial charge in [-0.1, -0.05) is 6.92 Å². The van der Waals surface area contributed by atoms with Gasteiger partial charge in [-0.05, 0) is 13.3 Å². The Bertz CT molecular complexity index is 424. The maximum absolute atomic E-state index is 12.1. The number of amides is 1. The van der Waals surface area contributed by atoms with Gasteiger partial charge in [0.25, 0.3) is 0 Å². The first-order chi connectivity index (χ1) is 8.98. The Balaban J connectivity index is 2.96. The molecule has 0 aromatic carbocycles. The third-order valence-electron chi connectivity index (χ3n) is 3.10. The molecular formula is C12H20N4O3. The Kier molecular flexibility index (Phi) is 5.05. The number of carbonyl (C=O) groups excluding carboxylic acids is 1. The number of rotatable bonds is 6. The number of carbonyl (C=O) groups is 1. The molecule has 1 atom stereocenters. The second-order valence-electron chi connectivity index (χ2n) is 4.35. The van der Waals surface area contributed by atoms with Crippen molar-refractivity contribution in [1.29, 1.82) is 0 Å². The minimum atomic E-state index is -0.653. The largest absolute Gasteiger partial charge is 0.481 e. The lowest BCUT2D eigenvalue weighted by Crippen LogP contribution is -2.39. The fourth-order valence-corrected chi connectivity index (χ4v) is 1.32. The topological polar surface area (TPSA) is 99.4 Å². The maximum atomic E-state index is 12.1. The number of nitrogens with one attached hydrogen (secondary N) is 1. The number of hydrogen-bond acceptors (Lipinski definition) is 6. The van der Waals surface area contributed by atoms with Crippen molar-refractivity contribution in [1.82, 2.24) is 9.97 Å². The lowest BCUT2D eigenvalue weighted by Gasteiger charge is -2.24. The maximum Gasteiger partial charge on any atom is 0.236 e. The summed E-state index contributed by atoms with van der Waals surface area (Å²) >= 11 is 0. The van der Waals surface area contributed by atoms with Gasteiger partial charge >= 0.3 is 0 Å². The molecule has 3 N–H and O–H groups in total. The van der Waals surface area contributed by atoms with E-state index in [-0.39, 0.29) is 18.4 Å². The van der Waals surface area contributed by atoms with Crippen molar-refractivity contribution in [3.63, 3.8) is 0 Å². The van der Waals surface area contributed by atoms with Crippen LogP contribution in [0.1, 0.15) is 20.3 Å². The van der Waals surface area contributed by atoms with Gasteiger partial charge in [0.2, 0.25) is 23.6 Å². The minimum absolute atomic E-state index is 0.134. The van der Waals surface area contributed by atoms with Crippen LogP contribution in [-0.4, -0.2) is 36.6 Å². The predicted octanol–water partition coefficient (Wildman–Crippen LogP) is 0.807. The van der Waals surface area contributed by atoms with Crippen molar-refractivity contribution in [2.24, 2.45) is 11.1 Å². The Labute approximate surface area is 112 Å². The molecule has 0 saturated carbocycles. The number of anilines is 1. The zero-order valence-corrected chi connectivity index (χ0v) is 11.7. The van der Waals surface area contributed by atoms with Crippen LogP contribution in [-0.2, 0) is 4.79 Å². The van der Waals surface area contributed by atoms with E-state index in [9.17, 15) is 4.79 Å². The number of nitrogens with zero attached hydrogens (tertiary/aromatic N) is 2. The second kappa shape index (κ2) is 6.33. The van der Waals surface area contributed by atoms with E-state index in [1.54, 1.807) is 6.92 Å². The highest BCUT2D eigenvalue weighted by molar-refractivity contribution is 5.93. The van der Waals surface area contributed by atoms with Crippen LogP contribution in [0.3, 0.4) is 0 Å². The van der Waals surface area contributed by atoms with Crippen molar-refractivity contribution >= 4 is 11.9 Å². The van der Waals surface area contributed by atoms with E-state index in [1.807, 2.05) is 6.92 Å². The van der Waals surface area contributed by atoms with Crippen molar-refractivity contribution in [3.8, 4) is 11.8 Å². The Morgan fingerprint density at radius 1 is 1.37 bits per heavy atom. The van der Waals surface area contributed by atoms with Crippen molar-refractivity contribution in [2.75, 3.05) is 26.1 Å². The summed E-state index contributed by atoms with van der Waals surface area (Å²) in [6, 6.07) is 1.53. The van der Waals surface area contributed by atoms with E-state index < -0.39 is 5.41 Å². The number of methoxy groups -OCH3 is 2. The zero-order valence-electron chi connectivity index (χ0n) is 11.7. The molecule has 7 nitrogen and oxygen atoms in total. The first kappa shape index (κ1) is 15.2. The molecule has 0 aliphatic carbocycles. The van der Waals surface area contributed by atoms with Crippen LogP contribution in [0.15, 0.2) is 6.07 Å². The summed E-state index contributed by atoms with van der Waals surface area (Å²) < 4.78 is 10.0. The average Bonchev–Trinajstić information content (AvgIpc) is 2.45. The summed E-state index contributed by atoms with van der Waals surface area (Å²) in [5, 5.41) is 2.63. The van der Waals surface area contributed by atoms with E-state index in [0.29, 0.717) is 18.2 Å². The van der Waals surface area contributed by atoms with Crippen molar-refractivity contribution in [3.05, 3.63) is 6.07 Å². The molecule has 1 heterocycles. The molecule has 0 fully saturated rings. The summed E-state index contributed by atoms with van der Waals surface area (Å²) in [5.74, 6) is 0.531. The van der Waals surface area contributed by atoms with Gasteiger partial charge in [-0.2, -0.15) is 9.97 Å². The second-order valence-corrected chi connectivity index (χ2v) is 4.35. The van der Waals surface area contributed by atoms with Gasteiger partial charge in [-0.25, -0.2) is 0 Å². The summed E-state index contributed by atoms with van der Waals surface area (Å²) in [6.45, 7) is 3.94. The Hall–Kier alpha value is -1.89. The first-order valence-electron chi connectivity index (χ1n) is 5.97. The van der Waals surface area contributed by atoms with Gasteiger partial charge in [0.15, 0.2) is 0 Å². The molecule has 0 aliphatic rings. The molecule has 0 spiro atoms. The van der Waals surface area contributed by atoms with Crippen LogP contribution in [0.25, 0.3) is 0 Å². The molecule has 19 heavy (non-hydrogen) atoms. The lowest BCUT2D eigenvalue weighted by molar-refractivity contribution is -0.124. The monoisotopic (exact) mass is 268 g/mol. The molecule has 106 valence electrons. The SMILES string of the molecule is CCC(C)(CN)C(=O)Nc1nc(OC)cc(OC)n1. The van der Waals surface area contributed by atoms with E-state index in [4.69, 9.17) is 15.2 Å². The fraction of sp³-hybridized carbons (Fsp3) is 0.583. The van der Waals surface area contributed by atoms with Gasteiger partial charge in [0.05, 0.1) is 25.7 Å². The summed E-state index contributed by atoms with van der Waals surface area (Å²) in [6.07, 6.45) is 0.621. The van der Waals surface area contributed by atoms with E-state index in [1.165, 1.54) is 20.3 Å². The molecule has 0 bridgehead atoms. The third kappa shape index (κ3) is 3.54. The average molecular weight is 268 g/mol. The first-order valence-corrected chi connectivity index (χ1v) is 5.97. The van der Waals surface area contributed by atoms with Crippen molar-refractivity contribution < 1.29 is 14.3 Å². The van der Waals surface area contributed by atoms with E-state index >= 15 is 0 Å². The summed E-state index contributed by atoms with van der Waals surface area (Å²) in [7, 11) is 2.95. The molecule has 7 heteroatoms. The number of hydrogen-bond donors (Lipinski definition) is 2. The molecule has 1 amide bonds. The van der Waals surface area contributed by atoms with Crippen LogP contribution in [0, 0.1) is 5.41 Å². The molecular weight excluding hydrogens is 248 g/mol. The molecule has 1 aromatic heterocycles. The highest BCUT2D eigenvalue weighted by Crippen LogP contribution is 2.23. The highest BCUT2D eigenvalue weighted by Gasteiger charge is 2.30. The number of ether oxygens (including phenoxy) is 2. The van der Waals surface area contributed by atoms with Crippen LogP contribution in [0.2, 0.25) is 0 Å². The van der Waals surface area contributed by atoms with Gasteiger partial charge in [0.1, 0.15) is 0 Å². The normalized spacial score (nSPS) is 13.5. The quantitative estimate of drug-likeness (QED) is 0.792. The van der Waals surface area contributed by atoms with E-state index in [0.717, 1.165) is 0 Å². The molecule has 1 aromatic rings. The van der Waals surface area contributed by atoms with Crippen molar-refractivity contribution in [2.45, 2.75) is 20.3 Å². The van der Waals surface area contributed by atoms with Gasteiger partial charge in [-0.3, -0.25) is 10.1 Å². The smallest absolute Gasteiger partial charge is 0.236 e.